The number of benzene rings is 2. The van der Waals surface area contributed by atoms with Gasteiger partial charge in [-0.15, -0.1) is 0 Å². The molecule has 2 aromatic carbocycles. The highest BCUT2D eigenvalue weighted by Gasteiger charge is 2.46. The first-order chi connectivity index (χ1) is 15.9. The zero-order chi connectivity index (χ0) is 23.5. The number of aliphatic hydroxyl groups excluding tert-OH is 1. The molecule has 3 aromatic rings. The lowest BCUT2D eigenvalue weighted by atomic mass is 9.93. The molecule has 1 aliphatic rings. The Morgan fingerprint density at radius 2 is 1.94 bits per heavy atom. The monoisotopic (exact) mass is 445 g/mol. The van der Waals surface area contributed by atoms with E-state index in [9.17, 15) is 14.7 Å². The van der Waals surface area contributed by atoms with Gasteiger partial charge in [0.05, 0.1) is 25.1 Å². The standard InChI is InChI=1S/C26H27N3O4/c1-17-8-9-18(2)21(14-17)24(30)22-23(19-6-4-7-20(15-19)33-3)29(26(32)25(22)31)12-5-11-28-13-10-27-16-28/h4,6-10,13-16,23,30H,5,11-12H2,1-3H3. The Morgan fingerprint density at radius 1 is 1.12 bits per heavy atom. The van der Waals surface area contributed by atoms with Gasteiger partial charge in [0, 0.05) is 31.0 Å². The number of hydrogen-bond acceptors (Lipinski definition) is 5. The first-order valence-corrected chi connectivity index (χ1v) is 10.9. The van der Waals surface area contributed by atoms with Crippen molar-refractivity contribution in [3.63, 3.8) is 0 Å². The van der Waals surface area contributed by atoms with Crippen LogP contribution in [0.15, 0.2) is 66.8 Å². The number of ketones is 1. The number of ether oxygens (including phenoxy) is 1. The van der Waals surface area contributed by atoms with Crippen LogP contribution in [-0.4, -0.2) is 44.9 Å². The molecule has 1 fully saturated rings. The number of imidazole rings is 1. The van der Waals surface area contributed by atoms with E-state index in [1.54, 1.807) is 36.7 Å². The molecular weight excluding hydrogens is 418 g/mol. The van der Waals surface area contributed by atoms with Gasteiger partial charge in [-0.25, -0.2) is 4.98 Å². The summed E-state index contributed by atoms with van der Waals surface area (Å²) in [7, 11) is 1.57. The van der Waals surface area contributed by atoms with Gasteiger partial charge in [0.25, 0.3) is 11.7 Å². The van der Waals surface area contributed by atoms with Gasteiger partial charge in [0.2, 0.25) is 0 Å². The molecule has 0 bridgehead atoms. The summed E-state index contributed by atoms with van der Waals surface area (Å²) in [4.78, 5) is 31.9. The molecule has 7 heteroatoms. The van der Waals surface area contributed by atoms with Crippen molar-refractivity contribution in [3.8, 4) is 5.75 Å². The smallest absolute Gasteiger partial charge is 0.295 e. The lowest BCUT2D eigenvalue weighted by Gasteiger charge is -2.26. The summed E-state index contributed by atoms with van der Waals surface area (Å²) in [5.41, 5.74) is 3.15. The molecule has 170 valence electrons. The third-order valence-corrected chi connectivity index (χ3v) is 5.97. The number of likely N-dealkylation sites (tertiary alicyclic amines) is 1. The van der Waals surface area contributed by atoms with Crippen LogP contribution in [0.5, 0.6) is 5.75 Å². The number of amides is 1. The molecule has 1 N–H and O–H groups in total. The molecule has 4 rings (SSSR count). The summed E-state index contributed by atoms with van der Waals surface area (Å²) in [5.74, 6) is -0.827. The van der Waals surface area contributed by atoms with Gasteiger partial charge < -0.3 is 19.3 Å². The molecule has 1 aliphatic heterocycles. The Morgan fingerprint density at radius 3 is 2.67 bits per heavy atom. The Hall–Kier alpha value is -3.87. The number of aromatic nitrogens is 2. The number of aliphatic hydroxyl groups is 1. The first-order valence-electron chi connectivity index (χ1n) is 10.9. The average Bonchev–Trinajstić information content (AvgIpc) is 3.42. The number of rotatable bonds is 7. The Kier molecular flexibility index (Phi) is 6.31. The molecule has 0 spiro atoms. The maximum Gasteiger partial charge on any atom is 0.295 e. The van der Waals surface area contributed by atoms with E-state index >= 15 is 0 Å². The Balaban J connectivity index is 1.78. The maximum absolute atomic E-state index is 13.2. The summed E-state index contributed by atoms with van der Waals surface area (Å²) in [6, 6.07) is 12.2. The van der Waals surface area contributed by atoms with Crippen molar-refractivity contribution in [2.45, 2.75) is 32.9 Å². The van der Waals surface area contributed by atoms with Crippen molar-refractivity contribution in [1.82, 2.24) is 14.5 Å². The average molecular weight is 446 g/mol. The van der Waals surface area contributed by atoms with Crippen molar-refractivity contribution in [2.75, 3.05) is 13.7 Å². The number of carbonyl (C=O) groups is 2. The van der Waals surface area contributed by atoms with E-state index in [4.69, 9.17) is 4.74 Å². The van der Waals surface area contributed by atoms with Crippen LogP contribution in [0, 0.1) is 13.8 Å². The van der Waals surface area contributed by atoms with Crippen molar-refractivity contribution in [3.05, 3.63) is 89.0 Å². The van der Waals surface area contributed by atoms with Crippen LogP contribution >= 0.6 is 0 Å². The summed E-state index contributed by atoms with van der Waals surface area (Å²) < 4.78 is 7.30. The van der Waals surface area contributed by atoms with Gasteiger partial charge in [0.1, 0.15) is 11.5 Å². The predicted molar refractivity (Wildman–Crippen MR) is 125 cm³/mol. The van der Waals surface area contributed by atoms with Gasteiger partial charge in [0.15, 0.2) is 0 Å². The van der Waals surface area contributed by atoms with Gasteiger partial charge in [-0.1, -0.05) is 29.8 Å². The third-order valence-electron chi connectivity index (χ3n) is 5.97. The number of hydrogen-bond donors (Lipinski definition) is 1. The fraction of sp³-hybridized carbons (Fsp3) is 0.269. The van der Waals surface area contributed by atoms with Crippen LogP contribution in [0.4, 0.5) is 0 Å². The first kappa shape index (κ1) is 22.3. The molecule has 33 heavy (non-hydrogen) atoms. The van der Waals surface area contributed by atoms with Crippen LogP contribution < -0.4 is 4.74 Å². The zero-order valence-corrected chi connectivity index (χ0v) is 19.0. The Bertz CT molecular complexity index is 1210. The molecule has 1 aromatic heterocycles. The van der Waals surface area contributed by atoms with E-state index in [0.29, 0.717) is 36.4 Å². The minimum atomic E-state index is -0.706. The van der Waals surface area contributed by atoms with E-state index in [2.05, 4.69) is 4.98 Å². The van der Waals surface area contributed by atoms with E-state index in [1.165, 1.54) is 0 Å². The number of nitrogens with zero attached hydrogens (tertiary/aromatic N) is 3. The minimum Gasteiger partial charge on any atom is -0.507 e. The highest BCUT2D eigenvalue weighted by Crippen LogP contribution is 2.40. The fourth-order valence-corrected chi connectivity index (χ4v) is 4.25. The van der Waals surface area contributed by atoms with Crippen molar-refractivity contribution < 1.29 is 19.4 Å². The predicted octanol–water partition coefficient (Wildman–Crippen LogP) is 4.02. The van der Waals surface area contributed by atoms with Gasteiger partial charge in [-0.05, 0) is 49.6 Å². The van der Waals surface area contributed by atoms with Crippen LogP contribution in [0.1, 0.15) is 34.7 Å². The lowest BCUT2D eigenvalue weighted by molar-refractivity contribution is -0.139. The molecule has 1 amide bonds. The van der Waals surface area contributed by atoms with Gasteiger partial charge in [-0.3, -0.25) is 9.59 Å². The van der Waals surface area contributed by atoms with Gasteiger partial charge in [-0.2, -0.15) is 0 Å². The number of aryl methyl sites for hydroxylation is 3. The highest BCUT2D eigenvalue weighted by molar-refractivity contribution is 6.46. The number of Topliss-reactive ketones (excluding diaryl/α,β-unsaturated/α-hetero) is 1. The van der Waals surface area contributed by atoms with E-state index < -0.39 is 17.7 Å². The van der Waals surface area contributed by atoms with Crippen molar-refractivity contribution in [1.29, 1.82) is 0 Å². The topological polar surface area (TPSA) is 84.7 Å². The maximum atomic E-state index is 13.2. The fourth-order valence-electron chi connectivity index (χ4n) is 4.25. The number of methoxy groups -OCH3 is 1. The van der Waals surface area contributed by atoms with Crippen LogP contribution in [0.25, 0.3) is 5.76 Å². The largest absolute Gasteiger partial charge is 0.507 e. The molecular formula is C26H27N3O4. The molecule has 0 aliphatic carbocycles. The summed E-state index contributed by atoms with van der Waals surface area (Å²) in [6.07, 6.45) is 5.91. The van der Waals surface area contributed by atoms with E-state index in [-0.39, 0.29) is 11.3 Å². The Labute approximate surface area is 192 Å². The highest BCUT2D eigenvalue weighted by atomic mass is 16.5. The quantitative estimate of drug-likeness (QED) is 0.337. The van der Waals surface area contributed by atoms with Crippen molar-refractivity contribution >= 4 is 17.4 Å². The van der Waals surface area contributed by atoms with Crippen LogP contribution in [0.3, 0.4) is 0 Å². The zero-order valence-electron chi connectivity index (χ0n) is 19.0. The summed E-state index contributed by atoms with van der Waals surface area (Å²) >= 11 is 0. The second-order valence-corrected chi connectivity index (χ2v) is 8.24. The second-order valence-electron chi connectivity index (χ2n) is 8.24. The molecule has 1 unspecified atom stereocenters. The normalized spacial score (nSPS) is 17.5. The molecule has 7 nitrogen and oxygen atoms in total. The van der Waals surface area contributed by atoms with Crippen LogP contribution in [-0.2, 0) is 16.1 Å². The molecule has 1 saturated heterocycles. The molecule has 0 saturated carbocycles. The SMILES string of the molecule is COc1cccc(C2C(=C(O)c3cc(C)ccc3C)C(=O)C(=O)N2CCCn2ccnc2)c1. The minimum absolute atomic E-state index is 0.101. The van der Waals surface area contributed by atoms with Crippen molar-refractivity contribution in [2.24, 2.45) is 0 Å². The third kappa shape index (κ3) is 4.39. The van der Waals surface area contributed by atoms with Crippen LogP contribution in [0.2, 0.25) is 0 Å². The second kappa shape index (κ2) is 9.32. The lowest BCUT2D eigenvalue weighted by Crippen LogP contribution is -2.31. The molecule has 2 heterocycles. The van der Waals surface area contributed by atoms with E-state index in [1.807, 2.05) is 54.9 Å². The molecule has 1 atom stereocenters. The van der Waals surface area contributed by atoms with E-state index in [0.717, 1.165) is 11.1 Å². The summed E-state index contributed by atoms with van der Waals surface area (Å²) in [6.45, 7) is 4.81. The van der Waals surface area contributed by atoms with Gasteiger partial charge >= 0.3 is 0 Å². The molecule has 0 radical (unpaired) electrons. The number of carbonyl (C=O) groups excluding carboxylic acids is 2. The summed E-state index contributed by atoms with van der Waals surface area (Å²) in [5, 5.41) is 11.3.